The summed E-state index contributed by atoms with van der Waals surface area (Å²) in [5, 5.41) is 9.82. The maximum Gasteiger partial charge on any atom is 0.231 e. The minimum Gasteiger partial charge on any atom is -0.497 e. The van der Waals surface area contributed by atoms with E-state index < -0.39 is 0 Å². The fourth-order valence-corrected chi connectivity index (χ4v) is 3.61. The Hall–Kier alpha value is -3.78. The predicted molar refractivity (Wildman–Crippen MR) is 125 cm³/mol. The standard InChI is InChI=1S/C25H27N3O5/c1-3-8-31-9-10-32-24-13-17(20-14-26-27-15-20)4-6-22(24)28-25(29)19-11-18-12-21(30-2)5-7-23(18)33-16-19/h3-7,12-15,19H,1,8-11,16H2,2H3,(H,26,27)(H,28,29). The number of hydrogen-bond donors (Lipinski definition) is 2. The number of benzene rings is 2. The number of carbonyl (C=O) groups excluding carboxylic acids is 1. The van der Waals surface area contributed by atoms with Crippen molar-refractivity contribution in [3.8, 4) is 28.4 Å². The van der Waals surface area contributed by atoms with E-state index >= 15 is 0 Å². The minimum absolute atomic E-state index is 0.132. The molecule has 8 heteroatoms. The second kappa shape index (κ2) is 10.7. The lowest BCUT2D eigenvalue weighted by Crippen LogP contribution is -2.32. The van der Waals surface area contributed by atoms with Crippen LogP contribution in [-0.4, -0.2) is 49.6 Å². The van der Waals surface area contributed by atoms with E-state index in [4.69, 9.17) is 18.9 Å². The van der Waals surface area contributed by atoms with E-state index in [0.29, 0.717) is 44.3 Å². The van der Waals surface area contributed by atoms with Crippen LogP contribution in [0.4, 0.5) is 5.69 Å². The Labute approximate surface area is 192 Å². The molecule has 1 amide bonds. The predicted octanol–water partition coefficient (Wildman–Crippen LogP) is 3.86. The zero-order chi connectivity index (χ0) is 23.0. The number of fused-ring (bicyclic) bond motifs is 1. The number of amides is 1. The van der Waals surface area contributed by atoms with Gasteiger partial charge in [0.25, 0.3) is 0 Å². The first kappa shape index (κ1) is 22.4. The highest BCUT2D eigenvalue weighted by Gasteiger charge is 2.27. The average Bonchev–Trinajstić information content (AvgIpc) is 3.39. The number of rotatable bonds is 10. The number of nitrogens with zero attached hydrogens (tertiary/aromatic N) is 1. The summed E-state index contributed by atoms with van der Waals surface area (Å²) in [4.78, 5) is 13.1. The Morgan fingerprint density at radius 1 is 1.27 bits per heavy atom. The molecule has 4 rings (SSSR count). The molecule has 1 aliphatic heterocycles. The van der Waals surface area contributed by atoms with Crippen molar-refractivity contribution in [1.82, 2.24) is 10.2 Å². The highest BCUT2D eigenvalue weighted by atomic mass is 16.5. The van der Waals surface area contributed by atoms with Crippen molar-refractivity contribution in [1.29, 1.82) is 0 Å². The first-order valence-corrected chi connectivity index (χ1v) is 10.7. The molecule has 0 aliphatic carbocycles. The van der Waals surface area contributed by atoms with E-state index in [1.165, 1.54) is 0 Å². The second-order valence-electron chi connectivity index (χ2n) is 7.58. The molecule has 0 saturated heterocycles. The molecule has 1 unspecified atom stereocenters. The molecule has 0 spiro atoms. The number of H-pyrrole nitrogens is 1. The molecule has 0 saturated carbocycles. The van der Waals surface area contributed by atoms with Gasteiger partial charge < -0.3 is 24.3 Å². The summed E-state index contributed by atoms with van der Waals surface area (Å²) in [6.07, 6.45) is 5.79. The molecule has 1 atom stereocenters. The van der Waals surface area contributed by atoms with Gasteiger partial charge in [0, 0.05) is 11.8 Å². The topological polar surface area (TPSA) is 94.7 Å². The third kappa shape index (κ3) is 5.53. The largest absolute Gasteiger partial charge is 0.497 e. The number of hydrogen-bond acceptors (Lipinski definition) is 6. The Morgan fingerprint density at radius 2 is 2.18 bits per heavy atom. The molecule has 2 N–H and O–H groups in total. The van der Waals surface area contributed by atoms with Crippen molar-refractivity contribution < 1.29 is 23.7 Å². The van der Waals surface area contributed by atoms with Crippen molar-refractivity contribution in [3.63, 3.8) is 0 Å². The third-order valence-electron chi connectivity index (χ3n) is 5.34. The van der Waals surface area contributed by atoms with Gasteiger partial charge in [0.15, 0.2) is 0 Å². The van der Waals surface area contributed by atoms with E-state index in [9.17, 15) is 4.79 Å². The average molecular weight is 450 g/mol. The maximum absolute atomic E-state index is 13.1. The quantitative estimate of drug-likeness (QED) is 0.361. The lowest BCUT2D eigenvalue weighted by Gasteiger charge is -2.25. The van der Waals surface area contributed by atoms with Gasteiger partial charge in [-0.25, -0.2) is 0 Å². The Kier molecular flexibility index (Phi) is 7.26. The van der Waals surface area contributed by atoms with Crippen LogP contribution in [0.15, 0.2) is 61.4 Å². The molecule has 0 radical (unpaired) electrons. The Bertz CT molecular complexity index is 1100. The van der Waals surface area contributed by atoms with Crippen molar-refractivity contribution in [2.75, 3.05) is 38.9 Å². The summed E-state index contributed by atoms with van der Waals surface area (Å²) >= 11 is 0. The van der Waals surface area contributed by atoms with E-state index in [-0.39, 0.29) is 11.8 Å². The van der Waals surface area contributed by atoms with Crippen molar-refractivity contribution >= 4 is 11.6 Å². The molecule has 2 heterocycles. The number of nitrogens with one attached hydrogen (secondary N) is 2. The fraction of sp³-hybridized carbons (Fsp3) is 0.280. The van der Waals surface area contributed by atoms with Crippen LogP contribution in [0.2, 0.25) is 0 Å². The van der Waals surface area contributed by atoms with Crippen LogP contribution in [-0.2, 0) is 16.0 Å². The number of carbonyl (C=O) groups is 1. The van der Waals surface area contributed by atoms with Crippen LogP contribution >= 0.6 is 0 Å². The number of aromatic nitrogens is 2. The molecule has 33 heavy (non-hydrogen) atoms. The van der Waals surface area contributed by atoms with Crippen LogP contribution in [0, 0.1) is 5.92 Å². The van der Waals surface area contributed by atoms with Crippen LogP contribution in [0.25, 0.3) is 11.1 Å². The van der Waals surface area contributed by atoms with Crippen molar-refractivity contribution in [2.45, 2.75) is 6.42 Å². The van der Waals surface area contributed by atoms with Crippen LogP contribution < -0.4 is 19.5 Å². The van der Waals surface area contributed by atoms with E-state index in [1.54, 1.807) is 25.6 Å². The van der Waals surface area contributed by atoms with Crippen LogP contribution in [0.5, 0.6) is 17.2 Å². The number of methoxy groups -OCH3 is 1. The third-order valence-corrected chi connectivity index (χ3v) is 5.34. The molecule has 0 fully saturated rings. The number of aromatic amines is 1. The van der Waals surface area contributed by atoms with Crippen molar-refractivity contribution in [3.05, 3.63) is 67.0 Å². The molecule has 172 valence electrons. The zero-order valence-electron chi connectivity index (χ0n) is 18.5. The Morgan fingerprint density at radius 3 is 2.97 bits per heavy atom. The molecule has 3 aromatic rings. The van der Waals surface area contributed by atoms with E-state index in [1.807, 2.05) is 36.4 Å². The van der Waals surface area contributed by atoms with Crippen LogP contribution in [0.1, 0.15) is 5.56 Å². The van der Waals surface area contributed by atoms with Crippen LogP contribution in [0.3, 0.4) is 0 Å². The van der Waals surface area contributed by atoms with Gasteiger partial charge in [-0.15, -0.1) is 6.58 Å². The summed E-state index contributed by atoms with van der Waals surface area (Å²) in [7, 11) is 1.62. The lowest BCUT2D eigenvalue weighted by molar-refractivity contribution is -0.121. The first-order chi connectivity index (χ1) is 16.2. The van der Waals surface area contributed by atoms with Gasteiger partial charge in [-0.2, -0.15) is 5.10 Å². The number of anilines is 1. The molecule has 1 aromatic heterocycles. The Balaban J connectivity index is 1.48. The fourth-order valence-electron chi connectivity index (χ4n) is 3.61. The summed E-state index contributed by atoms with van der Waals surface area (Å²) in [5.74, 6) is 1.62. The molecule has 8 nitrogen and oxygen atoms in total. The van der Waals surface area contributed by atoms with Gasteiger partial charge >= 0.3 is 0 Å². The summed E-state index contributed by atoms with van der Waals surface area (Å²) in [6, 6.07) is 11.3. The normalized spacial score (nSPS) is 14.6. The summed E-state index contributed by atoms with van der Waals surface area (Å²) < 4.78 is 22.5. The SMILES string of the molecule is C=CCOCCOc1cc(-c2cn[nH]c2)ccc1NC(=O)C1COc2ccc(OC)cc2C1. The zero-order valence-corrected chi connectivity index (χ0v) is 18.5. The summed E-state index contributed by atoms with van der Waals surface area (Å²) in [5.41, 5.74) is 3.39. The highest BCUT2D eigenvalue weighted by Crippen LogP contribution is 2.33. The highest BCUT2D eigenvalue weighted by molar-refractivity contribution is 5.95. The maximum atomic E-state index is 13.1. The van der Waals surface area contributed by atoms with Gasteiger partial charge in [0.1, 0.15) is 30.5 Å². The lowest BCUT2D eigenvalue weighted by atomic mass is 9.95. The minimum atomic E-state index is -0.332. The van der Waals surface area contributed by atoms with E-state index in [0.717, 1.165) is 28.2 Å². The van der Waals surface area contributed by atoms with Gasteiger partial charge in [0.05, 0.1) is 38.1 Å². The van der Waals surface area contributed by atoms with Gasteiger partial charge in [-0.1, -0.05) is 12.1 Å². The van der Waals surface area contributed by atoms with Gasteiger partial charge in [0.2, 0.25) is 5.91 Å². The molecule has 1 aliphatic rings. The van der Waals surface area contributed by atoms with Gasteiger partial charge in [-0.05, 0) is 47.9 Å². The molecular weight excluding hydrogens is 422 g/mol. The van der Waals surface area contributed by atoms with Crippen molar-refractivity contribution in [2.24, 2.45) is 5.92 Å². The molecular formula is C25H27N3O5. The monoisotopic (exact) mass is 449 g/mol. The molecule has 0 bridgehead atoms. The number of ether oxygens (including phenoxy) is 4. The summed E-state index contributed by atoms with van der Waals surface area (Å²) in [6.45, 7) is 5.14. The second-order valence-corrected chi connectivity index (χ2v) is 7.58. The van der Waals surface area contributed by atoms with Gasteiger partial charge in [-0.3, -0.25) is 9.89 Å². The first-order valence-electron chi connectivity index (χ1n) is 10.7. The van der Waals surface area contributed by atoms with E-state index in [2.05, 4.69) is 22.1 Å². The molecule has 2 aromatic carbocycles. The smallest absolute Gasteiger partial charge is 0.231 e.